The van der Waals surface area contributed by atoms with Crippen molar-refractivity contribution in [2.75, 3.05) is 10.7 Å². The summed E-state index contributed by atoms with van der Waals surface area (Å²) in [6.45, 7) is 0.193. The van der Waals surface area contributed by atoms with Gasteiger partial charge < -0.3 is 10.6 Å². The highest BCUT2D eigenvalue weighted by Gasteiger charge is 2.21. The number of anilines is 1. The highest BCUT2D eigenvalue weighted by Crippen LogP contribution is 2.24. The summed E-state index contributed by atoms with van der Waals surface area (Å²) in [4.78, 5) is 37.9. The van der Waals surface area contributed by atoms with Gasteiger partial charge in [-0.05, 0) is 54.1 Å². The van der Waals surface area contributed by atoms with Crippen LogP contribution in [0, 0.1) is 0 Å². The molecule has 0 fully saturated rings. The third-order valence-corrected chi connectivity index (χ3v) is 5.30. The van der Waals surface area contributed by atoms with Crippen molar-refractivity contribution < 1.29 is 14.4 Å². The van der Waals surface area contributed by atoms with Crippen LogP contribution in [0.25, 0.3) is 10.9 Å². The number of amides is 3. The van der Waals surface area contributed by atoms with E-state index in [0.717, 1.165) is 5.56 Å². The summed E-state index contributed by atoms with van der Waals surface area (Å²) in [5.41, 5.74) is 4.50. The maximum Gasteiger partial charge on any atom is 0.328 e. The van der Waals surface area contributed by atoms with Crippen LogP contribution in [0.5, 0.6) is 0 Å². The van der Waals surface area contributed by atoms with Crippen LogP contribution in [0.3, 0.4) is 0 Å². The highest BCUT2D eigenvalue weighted by atomic mass is 35.5. The fourth-order valence-corrected chi connectivity index (χ4v) is 3.52. The molecule has 33 heavy (non-hydrogen) atoms. The summed E-state index contributed by atoms with van der Waals surface area (Å²) in [5, 5.41) is 6.93. The lowest BCUT2D eigenvalue weighted by Gasteiger charge is -2.13. The predicted octanol–water partition coefficient (Wildman–Crippen LogP) is 4.59. The Balaban J connectivity index is 1.57. The lowest BCUT2D eigenvalue weighted by atomic mass is 10.2. The van der Waals surface area contributed by atoms with Gasteiger partial charge in [0.15, 0.2) is 0 Å². The Kier molecular flexibility index (Phi) is 6.63. The van der Waals surface area contributed by atoms with Gasteiger partial charge in [-0.25, -0.2) is 4.68 Å². The fourth-order valence-electron chi connectivity index (χ4n) is 3.21. The van der Waals surface area contributed by atoms with Gasteiger partial charge in [-0.15, -0.1) is 0 Å². The van der Waals surface area contributed by atoms with Crippen molar-refractivity contribution in [2.45, 2.75) is 6.54 Å². The molecule has 3 amide bonds. The van der Waals surface area contributed by atoms with Gasteiger partial charge in [-0.3, -0.25) is 19.8 Å². The topological polar surface area (TPSA) is 92.2 Å². The van der Waals surface area contributed by atoms with Crippen molar-refractivity contribution in [1.82, 2.24) is 9.99 Å². The van der Waals surface area contributed by atoms with E-state index in [-0.39, 0.29) is 12.2 Å². The third-order valence-electron chi connectivity index (χ3n) is 4.81. The van der Waals surface area contributed by atoms with E-state index in [1.807, 2.05) is 30.3 Å². The molecule has 9 heteroatoms. The van der Waals surface area contributed by atoms with Crippen LogP contribution in [0.1, 0.15) is 16.1 Å². The maximum atomic E-state index is 13.0. The fraction of sp³-hybridized carbons (Fsp3) is 0.0417. The Morgan fingerprint density at radius 3 is 2.21 bits per heavy atom. The summed E-state index contributed by atoms with van der Waals surface area (Å²) in [5.74, 6) is -2.24. The van der Waals surface area contributed by atoms with Gasteiger partial charge in [-0.2, -0.15) is 0 Å². The molecular weight excluding hydrogens is 463 g/mol. The van der Waals surface area contributed by atoms with Crippen molar-refractivity contribution >= 4 is 57.5 Å². The zero-order valence-corrected chi connectivity index (χ0v) is 18.7. The molecular formula is C24H18Cl2N4O3. The van der Waals surface area contributed by atoms with Crippen molar-refractivity contribution in [2.24, 2.45) is 0 Å². The maximum absolute atomic E-state index is 13.0. The molecule has 0 saturated heterocycles. The Morgan fingerprint density at radius 1 is 0.788 bits per heavy atom. The van der Waals surface area contributed by atoms with Crippen molar-refractivity contribution in [3.63, 3.8) is 0 Å². The zero-order valence-electron chi connectivity index (χ0n) is 17.1. The van der Waals surface area contributed by atoms with Crippen LogP contribution in [0.4, 0.5) is 5.69 Å². The number of aromatic nitrogens is 1. The van der Waals surface area contributed by atoms with Crippen LogP contribution in [-0.2, 0) is 16.1 Å². The number of benzene rings is 3. The molecule has 0 atom stereocenters. The Bertz CT molecular complexity index is 1340. The average Bonchev–Trinajstić information content (AvgIpc) is 3.17. The lowest BCUT2D eigenvalue weighted by molar-refractivity contribution is -0.136. The van der Waals surface area contributed by atoms with E-state index in [4.69, 9.17) is 23.2 Å². The lowest BCUT2D eigenvalue weighted by Crippen LogP contribution is -2.39. The quantitative estimate of drug-likeness (QED) is 0.364. The molecule has 0 unspecified atom stereocenters. The van der Waals surface area contributed by atoms with E-state index in [1.54, 1.807) is 48.5 Å². The van der Waals surface area contributed by atoms with Gasteiger partial charge in [-0.1, -0.05) is 53.5 Å². The third kappa shape index (κ3) is 5.34. The first-order valence-electron chi connectivity index (χ1n) is 9.92. The molecule has 0 aliphatic rings. The molecule has 4 rings (SSSR count). The van der Waals surface area contributed by atoms with Crippen LogP contribution < -0.4 is 16.1 Å². The Morgan fingerprint density at radius 2 is 1.48 bits per heavy atom. The molecule has 0 radical (unpaired) electrons. The molecule has 3 N–H and O–H groups in total. The molecule has 0 bridgehead atoms. The molecule has 7 nitrogen and oxygen atoms in total. The molecule has 166 valence electrons. The number of carbonyl (C=O) groups is 3. The van der Waals surface area contributed by atoms with E-state index in [2.05, 4.69) is 16.1 Å². The minimum atomic E-state index is -0.918. The molecule has 4 aromatic rings. The summed E-state index contributed by atoms with van der Waals surface area (Å²) < 4.78 is 1.27. The second-order valence-electron chi connectivity index (χ2n) is 7.14. The number of halogens is 2. The summed E-state index contributed by atoms with van der Waals surface area (Å²) in [7, 11) is 0. The first-order chi connectivity index (χ1) is 15.9. The van der Waals surface area contributed by atoms with Gasteiger partial charge in [0, 0.05) is 27.7 Å². The number of rotatable bonds is 5. The van der Waals surface area contributed by atoms with Gasteiger partial charge in [0.1, 0.15) is 5.69 Å². The van der Waals surface area contributed by atoms with Crippen molar-refractivity contribution in [3.8, 4) is 0 Å². The van der Waals surface area contributed by atoms with Gasteiger partial charge in [0.05, 0.1) is 5.52 Å². The van der Waals surface area contributed by atoms with Gasteiger partial charge in [0.25, 0.3) is 5.91 Å². The number of hydrogen-bond donors (Lipinski definition) is 3. The molecule has 0 aliphatic heterocycles. The SMILES string of the molecule is O=C(NCc1ccccc1)C(=O)Nn1c(C(=O)Nc2ccc(Cl)cc2)cc2cc(Cl)ccc21. The van der Waals surface area contributed by atoms with Gasteiger partial charge in [0.2, 0.25) is 0 Å². The average molecular weight is 481 g/mol. The molecule has 0 saturated carbocycles. The monoisotopic (exact) mass is 480 g/mol. The molecule has 0 spiro atoms. The minimum absolute atomic E-state index is 0.117. The molecule has 1 heterocycles. The first-order valence-corrected chi connectivity index (χ1v) is 10.7. The van der Waals surface area contributed by atoms with Crippen LogP contribution in [-0.4, -0.2) is 22.4 Å². The molecule has 1 aromatic heterocycles. The van der Waals surface area contributed by atoms with E-state index in [0.29, 0.717) is 26.6 Å². The number of fused-ring (bicyclic) bond motifs is 1. The number of nitrogens with zero attached hydrogens (tertiary/aromatic N) is 1. The van der Waals surface area contributed by atoms with E-state index in [9.17, 15) is 14.4 Å². The minimum Gasteiger partial charge on any atom is -0.344 e. The highest BCUT2D eigenvalue weighted by molar-refractivity contribution is 6.38. The number of carbonyl (C=O) groups excluding carboxylic acids is 3. The van der Waals surface area contributed by atoms with E-state index in [1.165, 1.54) is 4.68 Å². The number of nitrogens with one attached hydrogen (secondary N) is 3. The summed E-state index contributed by atoms with van der Waals surface area (Å²) in [6, 6.07) is 22.3. The molecule has 3 aromatic carbocycles. The summed E-state index contributed by atoms with van der Waals surface area (Å²) in [6.07, 6.45) is 0. The van der Waals surface area contributed by atoms with Crippen LogP contribution in [0.15, 0.2) is 78.9 Å². The second-order valence-corrected chi connectivity index (χ2v) is 8.01. The Hall–Kier alpha value is -3.81. The molecule has 0 aliphatic carbocycles. The van der Waals surface area contributed by atoms with E-state index < -0.39 is 17.7 Å². The van der Waals surface area contributed by atoms with Crippen LogP contribution >= 0.6 is 23.2 Å². The van der Waals surface area contributed by atoms with Crippen molar-refractivity contribution in [1.29, 1.82) is 0 Å². The smallest absolute Gasteiger partial charge is 0.328 e. The van der Waals surface area contributed by atoms with E-state index >= 15 is 0 Å². The Labute approximate surface area is 199 Å². The first kappa shape index (κ1) is 22.4. The van der Waals surface area contributed by atoms with Gasteiger partial charge >= 0.3 is 11.8 Å². The standard InChI is InChI=1S/C24H18Cl2N4O3/c25-17-6-9-19(10-7-17)28-22(31)21-13-16-12-18(26)8-11-20(16)30(21)29-24(33)23(32)27-14-15-4-2-1-3-5-15/h1-13H,14H2,(H,27,32)(H,28,31)(H,29,33). The second kappa shape index (κ2) is 9.77. The van der Waals surface area contributed by atoms with Crippen LogP contribution in [0.2, 0.25) is 10.0 Å². The number of hydrogen-bond acceptors (Lipinski definition) is 3. The predicted molar refractivity (Wildman–Crippen MR) is 129 cm³/mol. The largest absolute Gasteiger partial charge is 0.344 e. The van der Waals surface area contributed by atoms with Crippen molar-refractivity contribution in [3.05, 3.63) is 100 Å². The zero-order chi connectivity index (χ0) is 23.4. The summed E-state index contributed by atoms with van der Waals surface area (Å²) >= 11 is 12.0. The normalized spacial score (nSPS) is 10.6.